The highest BCUT2D eigenvalue weighted by Gasteiger charge is 2.50. The number of carbonyl (C=O) groups is 1. The lowest BCUT2D eigenvalue weighted by atomic mass is 10.00. The van der Waals surface area contributed by atoms with Crippen molar-refractivity contribution in [1.82, 2.24) is 5.32 Å². The van der Waals surface area contributed by atoms with E-state index in [1.807, 2.05) is 0 Å². The standard InChI is InChI=1S/C8H13NO2/c1-4-2-5-3-6(5)7(9-4)8(10)11/h4-7,9H,2-3H2,1H3,(H,10,11). The fraction of sp³-hybridized carbons (Fsp3) is 0.875. The van der Waals surface area contributed by atoms with Gasteiger partial charge < -0.3 is 10.4 Å². The van der Waals surface area contributed by atoms with E-state index in [1.54, 1.807) is 0 Å². The molecule has 0 amide bonds. The van der Waals surface area contributed by atoms with Gasteiger partial charge in [-0.05, 0) is 31.6 Å². The van der Waals surface area contributed by atoms with Crippen LogP contribution in [0, 0.1) is 11.8 Å². The Morgan fingerprint density at radius 1 is 1.55 bits per heavy atom. The molecule has 3 heteroatoms. The van der Waals surface area contributed by atoms with Gasteiger partial charge in [0.05, 0.1) is 0 Å². The third kappa shape index (κ3) is 1.13. The summed E-state index contributed by atoms with van der Waals surface area (Å²) in [4.78, 5) is 10.7. The summed E-state index contributed by atoms with van der Waals surface area (Å²) in [6.45, 7) is 2.06. The first-order valence-corrected chi connectivity index (χ1v) is 4.17. The van der Waals surface area contributed by atoms with E-state index in [1.165, 1.54) is 0 Å². The maximum Gasteiger partial charge on any atom is 0.321 e. The molecule has 0 spiro atoms. The zero-order valence-electron chi connectivity index (χ0n) is 6.58. The summed E-state index contributed by atoms with van der Waals surface area (Å²) in [7, 11) is 0. The van der Waals surface area contributed by atoms with Gasteiger partial charge in [-0.15, -0.1) is 0 Å². The van der Waals surface area contributed by atoms with Gasteiger partial charge in [0.15, 0.2) is 0 Å². The quantitative estimate of drug-likeness (QED) is 0.578. The minimum absolute atomic E-state index is 0.260. The van der Waals surface area contributed by atoms with Crippen LogP contribution >= 0.6 is 0 Å². The van der Waals surface area contributed by atoms with Crippen LogP contribution in [0.4, 0.5) is 0 Å². The van der Waals surface area contributed by atoms with Crippen molar-refractivity contribution in [3.63, 3.8) is 0 Å². The topological polar surface area (TPSA) is 49.3 Å². The Kier molecular flexibility index (Phi) is 1.42. The van der Waals surface area contributed by atoms with Crippen molar-refractivity contribution in [3.8, 4) is 0 Å². The summed E-state index contributed by atoms with van der Waals surface area (Å²) in [5.74, 6) is 0.458. The molecule has 2 fully saturated rings. The van der Waals surface area contributed by atoms with Gasteiger partial charge in [0.25, 0.3) is 0 Å². The molecule has 1 aliphatic heterocycles. The third-order valence-electron chi connectivity index (χ3n) is 2.79. The predicted molar refractivity (Wildman–Crippen MR) is 40.2 cm³/mol. The van der Waals surface area contributed by atoms with E-state index in [0.717, 1.165) is 12.8 Å². The minimum Gasteiger partial charge on any atom is -0.480 e. The largest absolute Gasteiger partial charge is 0.480 e. The van der Waals surface area contributed by atoms with Crippen LogP contribution in [-0.2, 0) is 4.79 Å². The normalized spacial score (nSPS) is 48.1. The lowest BCUT2D eigenvalue weighted by Crippen LogP contribution is -2.47. The van der Waals surface area contributed by atoms with Crippen LogP contribution in [0.2, 0.25) is 0 Å². The van der Waals surface area contributed by atoms with Crippen LogP contribution in [-0.4, -0.2) is 23.2 Å². The van der Waals surface area contributed by atoms with E-state index in [0.29, 0.717) is 17.9 Å². The Morgan fingerprint density at radius 3 is 2.91 bits per heavy atom. The SMILES string of the molecule is CC1CC2CC2C(C(=O)O)N1. The van der Waals surface area contributed by atoms with Crippen LogP contribution in [0.15, 0.2) is 0 Å². The number of nitrogens with one attached hydrogen (secondary N) is 1. The molecular formula is C8H13NO2. The van der Waals surface area contributed by atoms with E-state index < -0.39 is 5.97 Å². The Bertz CT molecular complexity index is 193. The lowest BCUT2D eigenvalue weighted by Gasteiger charge is -2.24. The van der Waals surface area contributed by atoms with Gasteiger partial charge in [-0.1, -0.05) is 0 Å². The maximum absolute atomic E-state index is 10.7. The molecule has 0 radical (unpaired) electrons. The molecule has 1 saturated heterocycles. The lowest BCUT2D eigenvalue weighted by molar-refractivity contribution is -0.140. The number of rotatable bonds is 1. The fourth-order valence-electron chi connectivity index (χ4n) is 2.16. The molecule has 4 unspecified atom stereocenters. The molecule has 1 heterocycles. The number of carboxylic acid groups (broad SMARTS) is 1. The molecule has 1 aliphatic carbocycles. The molecule has 0 aromatic carbocycles. The molecule has 2 N–H and O–H groups in total. The van der Waals surface area contributed by atoms with Gasteiger partial charge in [0.1, 0.15) is 6.04 Å². The number of hydrogen-bond acceptors (Lipinski definition) is 2. The number of hydrogen-bond donors (Lipinski definition) is 2. The molecule has 1 saturated carbocycles. The highest BCUT2D eigenvalue weighted by Crippen LogP contribution is 2.47. The smallest absolute Gasteiger partial charge is 0.321 e. The summed E-state index contributed by atoms with van der Waals surface area (Å²) >= 11 is 0. The van der Waals surface area contributed by atoms with E-state index in [2.05, 4.69) is 12.2 Å². The minimum atomic E-state index is -0.677. The fourth-order valence-corrected chi connectivity index (χ4v) is 2.16. The van der Waals surface area contributed by atoms with Gasteiger partial charge in [0, 0.05) is 6.04 Å². The summed E-state index contributed by atoms with van der Waals surface area (Å²) in [5.41, 5.74) is 0. The summed E-state index contributed by atoms with van der Waals surface area (Å²) < 4.78 is 0. The first-order valence-electron chi connectivity index (χ1n) is 4.17. The highest BCUT2D eigenvalue weighted by molar-refractivity contribution is 5.74. The average Bonchev–Trinajstić information content (AvgIpc) is 2.63. The van der Waals surface area contributed by atoms with Crippen molar-refractivity contribution in [2.24, 2.45) is 11.8 Å². The third-order valence-corrected chi connectivity index (χ3v) is 2.79. The van der Waals surface area contributed by atoms with Crippen LogP contribution in [0.3, 0.4) is 0 Å². The number of carboxylic acids is 1. The van der Waals surface area contributed by atoms with Crippen LogP contribution in [0.5, 0.6) is 0 Å². The first-order chi connectivity index (χ1) is 5.18. The van der Waals surface area contributed by atoms with Crippen molar-refractivity contribution >= 4 is 5.97 Å². The Morgan fingerprint density at radius 2 is 2.27 bits per heavy atom. The van der Waals surface area contributed by atoms with E-state index in [4.69, 9.17) is 5.11 Å². The monoisotopic (exact) mass is 155 g/mol. The maximum atomic E-state index is 10.7. The highest BCUT2D eigenvalue weighted by atomic mass is 16.4. The molecule has 11 heavy (non-hydrogen) atoms. The second kappa shape index (κ2) is 2.21. The van der Waals surface area contributed by atoms with Gasteiger partial charge in [0.2, 0.25) is 0 Å². The predicted octanol–water partition coefficient (Wildman–Crippen LogP) is 0.458. The molecule has 3 nitrogen and oxygen atoms in total. The van der Waals surface area contributed by atoms with E-state index in [9.17, 15) is 4.79 Å². The van der Waals surface area contributed by atoms with Crippen molar-refractivity contribution in [2.75, 3.05) is 0 Å². The molecule has 62 valence electrons. The number of aliphatic carboxylic acids is 1. The zero-order chi connectivity index (χ0) is 8.01. The molecule has 0 bridgehead atoms. The summed E-state index contributed by atoms with van der Waals surface area (Å²) in [6, 6.07) is 0.128. The molecule has 0 aromatic rings. The van der Waals surface area contributed by atoms with Gasteiger partial charge >= 0.3 is 5.97 Å². The molecule has 2 aliphatic rings. The number of piperidine rings is 1. The Labute approximate surface area is 65.8 Å². The second-order valence-electron chi connectivity index (χ2n) is 3.78. The van der Waals surface area contributed by atoms with Crippen LogP contribution < -0.4 is 5.32 Å². The Hall–Kier alpha value is -0.570. The van der Waals surface area contributed by atoms with Crippen LogP contribution in [0.1, 0.15) is 19.8 Å². The Balaban J connectivity index is 2.04. The average molecular weight is 155 g/mol. The van der Waals surface area contributed by atoms with Crippen molar-refractivity contribution in [3.05, 3.63) is 0 Å². The van der Waals surface area contributed by atoms with E-state index >= 15 is 0 Å². The van der Waals surface area contributed by atoms with Crippen molar-refractivity contribution in [2.45, 2.75) is 31.8 Å². The van der Waals surface area contributed by atoms with Gasteiger partial charge in [-0.25, -0.2) is 0 Å². The molecular weight excluding hydrogens is 142 g/mol. The zero-order valence-corrected chi connectivity index (χ0v) is 6.58. The van der Waals surface area contributed by atoms with Crippen molar-refractivity contribution in [1.29, 1.82) is 0 Å². The number of fused-ring (bicyclic) bond motifs is 1. The van der Waals surface area contributed by atoms with Crippen molar-refractivity contribution < 1.29 is 9.90 Å². The molecule has 2 rings (SSSR count). The molecule has 0 aromatic heterocycles. The summed E-state index contributed by atoms with van der Waals surface area (Å²) in [6.07, 6.45) is 2.28. The van der Waals surface area contributed by atoms with Gasteiger partial charge in [-0.2, -0.15) is 0 Å². The summed E-state index contributed by atoms with van der Waals surface area (Å²) in [5, 5.41) is 11.9. The first kappa shape index (κ1) is 7.10. The van der Waals surface area contributed by atoms with Gasteiger partial charge in [-0.3, -0.25) is 4.79 Å². The van der Waals surface area contributed by atoms with E-state index in [-0.39, 0.29) is 6.04 Å². The second-order valence-corrected chi connectivity index (χ2v) is 3.78. The van der Waals surface area contributed by atoms with Crippen LogP contribution in [0.25, 0.3) is 0 Å². The molecule has 4 atom stereocenters.